The third kappa shape index (κ3) is 1.38. The molecule has 7 nitrogen and oxygen atoms in total. The van der Waals surface area contributed by atoms with Crippen molar-refractivity contribution in [2.24, 2.45) is 0 Å². The van der Waals surface area contributed by atoms with Crippen LogP contribution in [0.15, 0.2) is 36.9 Å². The average Bonchev–Trinajstić information content (AvgIpc) is 3.03. The van der Waals surface area contributed by atoms with Crippen LogP contribution in [0, 0.1) is 0 Å². The molecular formula is C12H10N7+. The van der Waals surface area contributed by atoms with E-state index in [1.54, 1.807) is 6.33 Å². The molecule has 0 amide bonds. The van der Waals surface area contributed by atoms with Gasteiger partial charge in [-0.2, -0.15) is 9.55 Å². The number of anilines is 1. The van der Waals surface area contributed by atoms with Gasteiger partial charge in [-0.1, -0.05) is 17.1 Å². The average molecular weight is 252 g/mol. The molecule has 0 unspecified atom stereocenters. The minimum absolute atomic E-state index is 0.201. The first-order chi connectivity index (χ1) is 9.33. The largest absolute Gasteiger partial charge is 0.354 e. The highest BCUT2D eigenvalue weighted by Crippen LogP contribution is 2.15. The summed E-state index contributed by atoms with van der Waals surface area (Å²) in [5.41, 5.74) is 9.08. The maximum Gasteiger partial charge on any atom is 0.299 e. The number of nitrogens with two attached hydrogens (primary N) is 1. The van der Waals surface area contributed by atoms with Crippen molar-refractivity contribution in [3.05, 3.63) is 36.9 Å². The smallest absolute Gasteiger partial charge is 0.299 e. The third-order valence-corrected chi connectivity index (χ3v) is 3.02. The number of aromatic amines is 2. The van der Waals surface area contributed by atoms with E-state index in [9.17, 15) is 0 Å². The maximum atomic E-state index is 5.73. The van der Waals surface area contributed by atoms with Crippen molar-refractivity contribution >= 4 is 28.1 Å². The first-order valence-corrected chi connectivity index (χ1v) is 5.78. The number of hydrogen-bond acceptors (Lipinski definition) is 4. The van der Waals surface area contributed by atoms with Crippen LogP contribution in [-0.2, 0) is 0 Å². The fourth-order valence-electron chi connectivity index (χ4n) is 2.19. The van der Waals surface area contributed by atoms with E-state index >= 15 is 0 Å². The quantitative estimate of drug-likeness (QED) is 0.434. The van der Waals surface area contributed by atoms with Crippen LogP contribution in [0.2, 0.25) is 0 Å². The Morgan fingerprint density at radius 2 is 2.00 bits per heavy atom. The summed E-state index contributed by atoms with van der Waals surface area (Å²) >= 11 is 0. The van der Waals surface area contributed by atoms with Gasteiger partial charge in [0, 0.05) is 0 Å². The SMILES string of the molecule is Nc1nc(-[n+]2c[nH]c3ccccc32)c2[nH]cnc2n1. The van der Waals surface area contributed by atoms with Gasteiger partial charge in [0.25, 0.3) is 11.8 Å². The zero-order valence-electron chi connectivity index (χ0n) is 9.83. The van der Waals surface area contributed by atoms with E-state index in [1.165, 1.54) is 0 Å². The molecule has 0 aliphatic heterocycles. The monoisotopic (exact) mass is 252 g/mol. The molecule has 4 N–H and O–H groups in total. The lowest BCUT2D eigenvalue weighted by molar-refractivity contribution is -0.569. The molecule has 7 heteroatoms. The van der Waals surface area contributed by atoms with Gasteiger partial charge in [0.2, 0.25) is 0 Å². The predicted molar refractivity (Wildman–Crippen MR) is 69.5 cm³/mol. The lowest BCUT2D eigenvalue weighted by Crippen LogP contribution is -2.31. The Labute approximate surface area is 107 Å². The Morgan fingerprint density at radius 3 is 2.95 bits per heavy atom. The van der Waals surface area contributed by atoms with Crippen molar-refractivity contribution < 1.29 is 4.57 Å². The summed E-state index contributed by atoms with van der Waals surface area (Å²) in [6.45, 7) is 0. The van der Waals surface area contributed by atoms with Crippen LogP contribution in [0.1, 0.15) is 0 Å². The van der Waals surface area contributed by atoms with Gasteiger partial charge in [-0.25, -0.2) is 4.98 Å². The van der Waals surface area contributed by atoms with E-state index in [4.69, 9.17) is 5.73 Å². The van der Waals surface area contributed by atoms with Crippen molar-refractivity contribution in [3.8, 4) is 5.82 Å². The second-order valence-corrected chi connectivity index (χ2v) is 4.17. The minimum atomic E-state index is 0.201. The highest BCUT2D eigenvalue weighted by Gasteiger charge is 2.19. The summed E-state index contributed by atoms with van der Waals surface area (Å²) in [7, 11) is 0. The number of benzene rings is 1. The van der Waals surface area contributed by atoms with Crippen LogP contribution in [0.5, 0.6) is 0 Å². The van der Waals surface area contributed by atoms with Crippen LogP contribution in [0.3, 0.4) is 0 Å². The Bertz CT molecular complexity index is 889. The molecule has 4 rings (SSSR count). The fraction of sp³-hybridized carbons (Fsp3) is 0. The Morgan fingerprint density at radius 1 is 1.11 bits per heavy atom. The van der Waals surface area contributed by atoms with Crippen molar-refractivity contribution in [1.29, 1.82) is 0 Å². The molecule has 0 bridgehead atoms. The Hall–Kier alpha value is -2.96. The van der Waals surface area contributed by atoms with Gasteiger partial charge in [-0.05, 0) is 12.1 Å². The zero-order valence-corrected chi connectivity index (χ0v) is 9.83. The van der Waals surface area contributed by atoms with Gasteiger partial charge < -0.3 is 10.7 Å². The molecule has 3 aromatic heterocycles. The van der Waals surface area contributed by atoms with Gasteiger partial charge >= 0.3 is 0 Å². The molecule has 0 saturated carbocycles. The van der Waals surface area contributed by atoms with Crippen molar-refractivity contribution in [1.82, 2.24) is 24.9 Å². The van der Waals surface area contributed by atoms with Crippen LogP contribution < -0.4 is 10.3 Å². The molecule has 0 atom stereocenters. The number of fused-ring (bicyclic) bond motifs is 2. The van der Waals surface area contributed by atoms with E-state index in [1.807, 2.05) is 35.2 Å². The van der Waals surface area contributed by atoms with Crippen molar-refractivity contribution in [3.63, 3.8) is 0 Å². The lowest BCUT2D eigenvalue weighted by Gasteiger charge is -1.97. The number of imidazole rings is 2. The standard InChI is InChI=1S/C12H9N7/c13-12-17-10-9(14-5-15-10)11(18-12)19-6-16-7-3-1-2-4-8(7)19/h1-6H,(H3,13,14,15,17,18)/p+1. The summed E-state index contributed by atoms with van der Waals surface area (Å²) in [5.74, 6) is 0.879. The van der Waals surface area contributed by atoms with Gasteiger partial charge in [0.1, 0.15) is 11.0 Å². The first kappa shape index (κ1) is 10.0. The molecule has 3 heterocycles. The third-order valence-electron chi connectivity index (χ3n) is 3.02. The number of nitrogen functional groups attached to an aromatic ring is 1. The molecule has 1 aromatic carbocycles. The second kappa shape index (κ2) is 3.52. The molecular weight excluding hydrogens is 242 g/mol. The summed E-state index contributed by atoms with van der Waals surface area (Å²) in [6, 6.07) is 7.96. The maximum absolute atomic E-state index is 5.73. The molecule has 4 aromatic rings. The molecule has 0 aliphatic carbocycles. The lowest BCUT2D eigenvalue weighted by atomic mass is 10.3. The summed E-state index contributed by atoms with van der Waals surface area (Å²) in [5, 5.41) is 0. The molecule has 0 spiro atoms. The molecule has 0 fully saturated rings. The minimum Gasteiger partial charge on any atom is -0.354 e. The topological polar surface area (TPSA) is 100 Å². The molecule has 92 valence electrons. The Balaban J connectivity index is 2.11. The zero-order chi connectivity index (χ0) is 12.8. The van der Waals surface area contributed by atoms with Crippen molar-refractivity contribution in [2.75, 3.05) is 5.73 Å². The van der Waals surface area contributed by atoms with E-state index < -0.39 is 0 Å². The summed E-state index contributed by atoms with van der Waals surface area (Å²) < 4.78 is 1.92. The highest BCUT2D eigenvalue weighted by atomic mass is 15.2. The number of aromatic nitrogens is 6. The van der Waals surface area contributed by atoms with Crippen LogP contribution >= 0.6 is 0 Å². The molecule has 0 aliphatic rings. The Kier molecular flexibility index (Phi) is 1.85. The number of H-pyrrole nitrogens is 2. The number of para-hydroxylation sites is 2. The number of rotatable bonds is 1. The van der Waals surface area contributed by atoms with E-state index in [0.29, 0.717) is 11.5 Å². The summed E-state index contributed by atoms with van der Waals surface area (Å²) in [6.07, 6.45) is 3.42. The van der Waals surface area contributed by atoms with Gasteiger partial charge in [0.05, 0.1) is 6.33 Å². The molecule has 19 heavy (non-hydrogen) atoms. The fourth-order valence-corrected chi connectivity index (χ4v) is 2.19. The summed E-state index contributed by atoms with van der Waals surface area (Å²) in [4.78, 5) is 18.7. The predicted octanol–water partition coefficient (Wildman–Crippen LogP) is 0.693. The van der Waals surface area contributed by atoms with E-state index in [2.05, 4.69) is 24.9 Å². The number of nitrogens with zero attached hydrogens (tertiary/aromatic N) is 4. The second-order valence-electron chi connectivity index (χ2n) is 4.17. The van der Waals surface area contributed by atoms with E-state index in [0.717, 1.165) is 16.6 Å². The van der Waals surface area contributed by atoms with Gasteiger partial charge in [-0.15, -0.1) is 0 Å². The van der Waals surface area contributed by atoms with Crippen molar-refractivity contribution in [2.45, 2.75) is 0 Å². The molecule has 0 radical (unpaired) electrons. The van der Waals surface area contributed by atoms with Crippen LogP contribution in [0.4, 0.5) is 5.95 Å². The normalized spacial score (nSPS) is 11.4. The highest BCUT2D eigenvalue weighted by molar-refractivity contribution is 5.78. The molecule has 0 saturated heterocycles. The van der Waals surface area contributed by atoms with Crippen LogP contribution in [0.25, 0.3) is 28.0 Å². The number of hydrogen-bond donors (Lipinski definition) is 3. The first-order valence-electron chi connectivity index (χ1n) is 5.78. The van der Waals surface area contributed by atoms with E-state index in [-0.39, 0.29) is 5.95 Å². The number of nitrogens with one attached hydrogen (secondary N) is 2. The van der Waals surface area contributed by atoms with Gasteiger partial charge in [0.15, 0.2) is 17.5 Å². The van der Waals surface area contributed by atoms with Gasteiger partial charge in [-0.3, -0.25) is 4.98 Å². The van der Waals surface area contributed by atoms with Crippen LogP contribution in [-0.4, -0.2) is 24.9 Å².